The molecule has 2 aromatic carbocycles. The summed E-state index contributed by atoms with van der Waals surface area (Å²) in [7, 11) is -5.54. The van der Waals surface area contributed by atoms with Crippen molar-refractivity contribution < 1.29 is 107 Å². The van der Waals surface area contributed by atoms with Gasteiger partial charge < -0.3 is 114 Å². The second kappa shape index (κ2) is 35.3. The number of nitrogens with two attached hydrogens (primary N) is 3. The third-order valence-corrected chi connectivity index (χ3v) is 17.7. The number of phosphoric acid groups is 1. The molecule has 0 aliphatic carbocycles. The summed E-state index contributed by atoms with van der Waals surface area (Å²) in [5.41, 5.74) is 17.6. The molecule has 4 aliphatic rings. The van der Waals surface area contributed by atoms with E-state index in [-0.39, 0.29) is 62.3 Å². The SMILES string of the molecule is C[C@H](N)C(=O)N[C@@H](CCCCN)C(=O)N1CCC[C@H]1C(=O)N[C@@H](CO)C(=O)N[C@@H](Cc1ccc(O)cc1)C(=O)N1C[C@H](O)C[C@H]1C(=O)N1C[C@H](O)C[C@H]1C(=O)N[C@H](C(=O)N[C@@H](Cc1ccc(O)cc1)C(=O)N1C[C@H](O)C[C@H]1C(=O)N[C@@H](CCCCN)C(=O)O)[C@@H](C)OP(=O)(O)O. The number of likely N-dealkylation sites (tertiary alicyclic amines) is 4. The summed E-state index contributed by atoms with van der Waals surface area (Å²) in [5.74, 6) is -11.7. The predicted octanol–water partition coefficient (Wildman–Crippen LogP) is -6.15. The Balaban J connectivity index is 1.24. The Bertz CT molecular complexity index is 3130. The number of benzene rings is 2. The molecule has 15 atom stereocenters. The van der Waals surface area contributed by atoms with E-state index in [0.29, 0.717) is 44.2 Å². The third kappa shape index (κ3) is 21.3. The molecule has 4 heterocycles. The Labute approximate surface area is 552 Å². The lowest BCUT2D eigenvalue weighted by Crippen LogP contribution is -2.62. The molecule has 0 spiro atoms. The molecular formula is C60H90N13O22P. The number of phenolic OH excluding ortho intramolecular Hbond substituents is 2. The second-order valence-electron chi connectivity index (χ2n) is 24.6. The molecule has 4 aliphatic heterocycles. The number of carbonyl (C=O) groups is 11. The van der Waals surface area contributed by atoms with Crippen molar-refractivity contribution >= 4 is 72.9 Å². The Morgan fingerprint density at radius 2 is 0.979 bits per heavy atom. The van der Waals surface area contributed by atoms with E-state index >= 15 is 0 Å². The summed E-state index contributed by atoms with van der Waals surface area (Å²) in [6.45, 7) is 0.329. The molecule has 532 valence electrons. The van der Waals surface area contributed by atoms with Crippen LogP contribution >= 0.6 is 7.82 Å². The van der Waals surface area contributed by atoms with Crippen LogP contribution in [0.25, 0.3) is 0 Å². The fraction of sp³-hybridized carbons (Fsp3) is 0.617. The molecule has 96 heavy (non-hydrogen) atoms. The lowest BCUT2D eigenvalue weighted by Gasteiger charge is -2.34. The number of nitrogens with one attached hydrogen (secondary N) is 6. The van der Waals surface area contributed by atoms with Crippen molar-refractivity contribution in [2.45, 2.75) is 188 Å². The van der Waals surface area contributed by atoms with Crippen molar-refractivity contribution in [3.63, 3.8) is 0 Å². The van der Waals surface area contributed by atoms with Gasteiger partial charge in [-0.25, -0.2) is 9.36 Å². The van der Waals surface area contributed by atoms with Crippen LogP contribution < -0.4 is 49.1 Å². The number of unbranched alkanes of at least 4 members (excludes halogenated alkanes) is 2. The van der Waals surface area contributed by atoms with Crippen LogP contribution in [0.4, 0.5) is 0 Å². The molecule has 4 fully saturated rings. The number of phenols is 2. The first-order valence-electron chi connectivity index (χ1n) is 31.7. The molecule has 36 heteroatoms. The van der Waals surface area contributed by atoms with Crippen LogP contribution in [0.15, 0.2) is 48.5 Å². The van der Waals surface area contributed by atoms with Gasteiger partial charge in [-0.1, -0.05) is 24.3 Å². The van der Waals surface area contributed by atoms with Crippen LogP contribution in [0, 0.1) is 0 Å². The fourth-order valence-electron chi connectivity index (χ4n) is 12.1. The maximum Gasteiger partial charge on any atom is 0.469 e. The summed E-state index contributed by atoms with van der Waals surface area (Å²) in [6, 6.07) is -6.36. The predicted molar refractivity (Wildman–Crippen MR) is 335 cm³/mol. The van der Waals surface area contributed by atoms with Crippen molar-refractivity contribution in [3.8, 4) is 11.5 Å². The number of aliphatic hydroxyl groups excluding tert-OH is 4. The van der Waals surface area contributed by atoms with Crippen LogP contribution in [0.2, 0.25) is 0 Å². The van der Waals surface area contributed by atoms with Crippen molar-refractivity contribution in [1.82, 2.24) is 51.5 Å². The highest BCUT2D eigenvalue weighted by Gasteiger charge is 2.50. The van der Waals surface area contributed by atoms with Crippen LogP contribution in [-0.4, -0.2) is 267 Å². The number of hydrogen-bond donors (Lipinski definition) is 18. The van der Waals surface area contributed by atoms with Gasteiger partial charge in [-0.3, -0.25) is 52.5 Å². The molecule has 2 aromatic rings. The summed E-state index contributed by atoms with van der Waals surface area (Å²) in [4.78, 5) is 178. The van der Waals surface area contributed by atoms with Crippen LogP contribution in [0.3, 0.4) is 0 Å². The van der Waals surface area contributed by atoms with E-state index in [1.54, 1.807) is 0 Å². The number of hydrogen-bond acceptors (Lipinski definition) is 22. The fourth-order valence-corrected chi connectivity index (χ4v) is 12.7. The van der Waals surface area contributed by atoms with Crippen LogP contribution in [-0.2, 0) is 74.7 Å². The number of phosphoric ester groups is 1. The van der Waals surface area contributed by atoms with E-state index in [4.69, 9.17) is 21.7 Å². The minimum absolute atomic E-state index is 0.0345. The molecule has 0 aromatic heterocycles. The smallest absolute Gasteiger partial charge is 0.469 e. The third-order valence-electron chi connectivity index (χ3n) is 17.1. The van der Waals surface area contributed by atoms with Gasteiger partial charge in [0.05, 0.1) is 37.1 Å². The van der Waals surface area contributed by atoms with Gasteiger partial charge in [0, 0.05) is 58.3 Å². The first kappa shape index (κ1) is 77.1. The maximum atomic E-state index is 15.0. The van der Waals surface area contributed by atoms with E-state index in [2.05, 4.69) is 31.9 Å². The molecule has 35 nitrogen and oxygen atoms in total. The van der Waals surface area contributed by atoms with Crippen molar-refractivity contribution in [1.29, 1.82) is 0 Å². The lowest BCUT2D eigenvalue weighted by atomic mass is 10.0. The van der Waals surface area contributed by atoms with Gasteiger partial charge in [-0.15, -0.1) is 0 Å². The summed E-state index contributed by atoms with van der Waals surface area (Å²) in [5, 5.41) is 88.4. The van der Waals surface area contributed by atoms with Gasteiger partial charge in [-0.05, 0) is 114 Å². The topological polar surface area (TPSA) is 559 Å². The first-order valence-corrected chi connectivity index (χ1v) is 33.2. The van der Waals surface area contributed by atoms with Gasteiger partial charge in [0.2, 0.25) is 59.1 Å². The van der Waals surface area contributed by atoms with Crippen molar-refractivity contribution in [2.24, 2.45) is 17.2 Å². The van der Waals surface area contributed by atoms with E-state index in [0.717, 1.165) is 21.6 Å². The Kier molecular flexibility index (Phi) is 28.4. The van der Waals surface area contributed by atoms with Gasteiger partial charge in [0.15, 0.2) is 0 Å². The molecular weight excluding hydrogens is 1290 g/mol. The molecule has 0 unspecified atom stereocenters. The average Bonchev–Trinajstić information content (AvgIpc) is 1.62. The minimum Gasteiger partial charge on any atom is -0.508 e. The average molecular weight is 1380 g/mol. The second-order valence-corrected chi connectivity index (χ2v) is 25.8. The summed E-state index contributed by atoms with van der Waals surface area (Å²) in [6.07, 6.45) is -6.13. The van der Waals surface area contributed by atoms with Gasteiger partial charge in [0.1, 0.15) is 71.9 Å². The number of β-amino-alcohol motifs (C(OH)–C–C–N with tert-alkyl or cyclic N) is 3. The van der Waals surface area contributed by atoms with E-state index in [9.17, 15) is 103 Å². The number of carbonyl (C=O) groups excluding carboxylic acids is 10. The standard InChI is InChI=1S/C60H90N13O22P/c1-31(63)50(80)64-40(8-3-5-19-61)56(86)70-21-7-10-45(70)52(82)68-44(30-74)51(81)66-42(22-33-11-15-35(75)16-12-33)58(88)73-29-39(79)26-48(73)59(89)72-28-38(78)25-47(72)54(84)69-49(32(2)95-96(92,93)94)55(85)67-43(23-34-13-17-36(76)18-14-34)57(87)71-27-37(77)24-46(71)53(83)65-41(60(90)91)9-4-6-20-62/h11-18,31-32,37-49,74-79H,3-10,19-30,61-63H2,1-2H3,(H,64,80)(H,65,83)(H,66,81)(H,67,85)(H,68,82)(H,69,84)(H,90,91)(H2,92,93,94)/t31-,32+,37+,38+,39+,40-,41-,42-,43-,44-,45-,46-,47-,48-,49-/m0/s1. The Morgan fingerprint density at radius 1 is 0.552 bits per heavy atom. The summed E-state index contributed by atoms with van der Waals surface area (Å²) < 4.78 is 17.2. The van der Waals surface area contributed by atoms with E-state index in [1.807, 2.05) is 0 Å². The van der Waals surface area contributed by atoms with E-state index < -0.39 is 209 Å². The largest absolute Gasteiger partial charge is 0.508 e. The lowest BCUT2D eigenvalue weighted by molar-refractivity contribution is -0.148. The van der Waals surface area contributed by atoms with Crippen LogP contribution in [0.1, 0.15) is 95.6 Å². The quantitative estimate of drug-likeness (QED) is 0.0234. The molecule has 10 amide bonds. The van der Waals surface area contributed by atoms with Crippen LogP contribution in [0.5, 0.6) is 11.5 Å². The number of carboxylic acids is 1. The Hall–Kier alpha value is -7.96. The van der Waals surface area contributed by atoms with Gasteiger partial charge in [-0.2, -0.15) is 0 Å². The van der Waals surface area contributed by atoms with Crippen molar-refractivity contribution in [3.05, 3.63) is 59.7 Å². The Morgan fingerprint density at radius 3 is 1.47 bits per heavy atom. The molecule has 0 radical (unpaired) electrons. The van der Waals surface area contributed by atoms with Gasteiger partial charge in [0.25, 0.3) is 0 Å². The highest BCUT2D eigenvalue weighted by atomic mass is 31.2. The highest BCUT2D eigenvalue weighted by Crippen LogP contribution is 2.38. The number of aromatic hydroxyl groups is 2. The van der Waals surface area contributed by atoms with Crippen molar-refractivity contribution in [2.75, 3.05) is 45.9 Å². The first-order chi connectivity index (χ1) is 45.3. The number of aliphatic carboxylic acids is 1. The minimum atomic E-state index is -5.54. The zero-order chi connectivity index (χ0) is 70.9. The number of amides is 10. The molecule has 21 N–H and O–H groups in total. The molecule has 6 rings (SSSR count). The zero-order valence-corrected chi connectivity index (χ0v) is 54.1. The monoisotopic (exact) mass is 1380 g/mol. The molecule has 4 saturated heterocycles. The maximum absolute atomic E-state index is 15.0. The number of carboxylic acid groups (broad SMARTS) is 1. The zero-order valence-electron chi connectivity index (χ0n) is 53.2. The number of aliphatic hydroxyl groups is 4. The molecule has 0 bridgehead atoms. The number of nitrogens with zero attached hydrogens (tertiary/aromatic N) is 4. The number of rotatable bonds is 33. The molecule has 0 saturated carbocycles. The normalized spacial score (nSPS) is 22.8. The highest BCUT2D eigenvalue weighted by molar-refractivity contribution is 7.46. The van der Waals surface area contributed by atoms with Gasteiger partial charge >= 0.3 is 13.8 Å². The van der Waals surface area contributed by atoms with E-state index in [1.165, 1.54) is 60.4 Å². The summed E-state index contributed by atoms with van der Waals surface area (Å²) >= 11 is 0.